The van der Waals surface area contributed by atoms with Crippen molar-refractivity contribution < 1.29 is 0 Å². The minimum Gasteiger partial charge on any atom is -0.312 e. The fourth-order valence-electron chi connectivity index (χ4n) is 4.03. The first-order valence-corrected chi connectivity index (χ1v) is 8.72. The van der Waals surface area contributed by atoms with Gasteiger partial charge in [0.25, 0.3) is 5.56 Å². The molecule has 5 heteroatoms. The number of benzene rings is 1. The molecule has 2 aromatic rings. The van der Waals surface area contributed by atoms with Crippen LogP contribution in [-0.2, 0) is 13.1 Å². The molecule has 0 amide bonds. The molecule has 2 atom stereocenters. The molecule has 2 aliphatic heterocycles. The van der Waals surface area contributed by atoms with Crippen LogP contribution in [0, 0.1) is 5.92 Å². The lowest BCUT2D eigenvalue weighted by Gasteiger charge is -2.43. The van der Waals surface area contributed by atoms with Crippen molar-refractivity contribution in [1.82, 2.24) is 9.47 Å². The standard InChI is InChI=1S/C18H18Cl2N2O/c19-15-3-1-4-16(20)14(15)11-21-8-12-7-13(10-21)17-5-2-6-18(23)22(17)9-12/h1-6,12-13H,7-11H2/t12-,13-/m0/s1. The SMILES string of the molecule is O=c1cccc2n1C[C@H]1C[C@H]2CN(Cc2c(Cl)cccc2Cl)C1. The fourth-order valence-corrected chi connectivity index (χ4v) is 4.55. The number of pyridine rings is 1. The van der Waals surface area contributed by atoms with Crippen molar-refractivity contribution in [3.63, 3.8) is 0 Å². The third-order valence-electron chi connectivity index (χ3n) is 5.00. The highest BCUT2D eigenvalue weighted by molar-refractivity contribution is 6.35. The first kappa shape index (κ1) is 15.3. The zero-order valence-electron chi connectivity index (χ0n) is 12.7. The van der Waals surface area contributed by atoms with E-state index in [9.17, 15) is 4.79 Å². The van der Waals surface area contributed by atoms with Crippen LogP contribution in [-0.4, -0.2) is 22.6 Å². The van der Waals surface area contributed by atoms with Crippen LogP contribution in [0.3, 0.4) is 0 Å². The van der Waals surface area contributed by atoms with Crippen LogP contribution in [0.5, 0.6) is 0 Å². The Balaban J connectivity index is 1.60. The maximum absolute atomic E-state index is 12.1. The second-order valence-corrected chi connectivity index (χ2v) is 7.41. The summed E-state index contributed by atoms with van der Waals surface area (Å²) in [7, 11) is 0. The second-order valence-electron chi connectivity index (χ2n) is 6.59. The molecule has 0 aliphatic carbocycles. The molecule has 0 spiro atoms. The van der Waals surface area contributed by atoms with Crippen molar-refractivity contribution in [2.24, 2.45) is 5.92 Å². The summed E-state index contributed by atoms with van der Waals surface area (Å²) in [5.41, 5.74) is 2.30. The molecule has 1 aromatic heterocycles. The van der Waals surface area contributed by atoms with Crippen LogP contribution in [0.1, 0.15) is 23.6 Å². The van der Waals surface area contributed by atoms with E-state index in [1.54, 1.807) is 6.07 Å². The van der Waals surface area contributed by atoms with Crippen molar-refractivity contribution in [2.45, 2.75) is 25.4 Å². The Labute approximate surface area is 145 Å². The molecule has 3 nitrogen and oxygen atoms in total. The molecule has 0 saturated carbocycles. The van der Waals surface area contributed by atoms with Gasteiger partial charge in [0, 0.05) is 59.5 Å². The van der Waals surface area contributed by atoms with Gasteiger partial charge >= 0.3 is 0 Å². The van der Waals surface area contributed by atoms with Gasteiger partial charge in [-0.15, -0.1) is 0 Å². The van der Waals surface area contributed by atoms with Gasteiger partial charge in [0.05, 0.1) is 0 Å². The van der Waals surface area contributed by atoms with E-state index in [0.29, 0.717) is 11.8 Å². The molecule has 0 unspecified atom stereocenters. The van der Waals surface area contributed by atoms with E-state index in [1.165, 1.54) is 5.69 Å². The highest BCUT2D eigenvalue weighted by atomic mass is 35.5. The van der Waals surface area contributed by atoms with Gasteiger partial charge in [-0.2, -0.15) is 0 Å². The van der Waals surface area contributed by atoms with Gasteiger partial charge < -0.3 is 4.57 Å². The lowest BCUT2D eigenvalue weighted by Crippen LogP contribution is -2.46. The van der Waals surface area contributed by atoms with Gasteiger partial charge in [0.2, 0.25) is 0 Å². The van der Waals surface area contributed by atoms with Crippen LogP contribution < -0.4 is 5.56 Å². The Bertz CT molecular complexity index is 782. The number of aromatic nitrogens is 1. The Kier molecular flexibility index (Phi) is 3.96. The number of hydrogen-bond donors (Lipinski definition) is 0. The Morgan fingerprint density at radius 3 is 2.52 bits per heavy atom. The lowest BCUT2D eigenvalue weighted by atomic mass is 9.83. The first-order chi connectivity index (χ1) is 11.1. The summed E-state index contributed by atoms with van der Waals surface area (Å²) in [6.07, 6.45) is 1.16. The van der Waals surface area contributed by atoms with Crippen molar-refractivity contribution in [3.8, 4) is 0 Å². The minimum absolute atomic E-state index is 0.125. The summed E-state index contributed by atoms with van der Waals surface area (Å²) in [5, 5.41) is 1.45. The lowest BCUT2D eigenvalue weighted by molar-refractivity contribution is 0.114. The van der Waals surface area contributed by atoms with Crippen LogP contribution in [0.4, 0.5) is 0 Å². The largest absolute Gasteiger partial charge is 0.312 e. The van der Waals surface area contributed by atoms with Gasteiger partial charge in [-0.3, -0.25) is 9.69 Å². The quantitative estimate of drug-likeness (QED) is 0.825. The molecule has 4 rings (SSSR count). The van der Waals surface area contributed by atoms with E-state index in [0.717, 1.165) is 48.2 Å². The molecule has 1 aromatic carbocycles. The second kappa shape index (κ2) is 5.97. The summed E-state index contributed by atoms with van der Waals surface area (Å²) in [5.74, 6) is 0.931. The van der Waals surface area contributed by atoms with E-state index in [2.05, 4.69) is 11.0 Å². The molecule has 0 N–H and O–H groups in total. The maximum Gasteiger partial charge on any atom is 0.250 e. The number of fused-ring (bicyclic) bond motifs is 4. The van der Waals surface area contributed by atoms with Crippen LogP contribution in [0.2, 0.25) is 10.0 Å². The average molecular weight is 349 g/mol. The highest BCUT2D eigenvalue weighted by Gasteiger charge is 2.34. The van der Waals surface area contributed by atoms with Crippen molar-refractivity contribution in [3.05, 3.63) is 68.1 Å². The third kappa shape index (κ3) is 2.82. The zero-order chi connectivity index (χ0) is 16.0. The Morgan fingerprint density at radius 2 is 1.74 bits per heavy atom. The number of halogens is 2. The monoisotopic (exact) mass is 348 g/mol. The molecular weight excluding hydrogens is 331 g/mol. The van der Waals surface area contributed by atoms with Gasteiger partial charge in [-0.1, -0.05) is 35.3 Å². The van der Waals surface area contributed by atoms with Gasteiger partial charge in [-0.05, 0) is 30.5 Å². The fraction of sp³-hybridized carbons (Fsp3) is 0.389. The molecule has 1 fully saturated rings. The number of likely N-dealkylation sites (tertiary alicyclic amines) is 1. The average Bonchev–Trinajstić information content (AvgIpc) is 2.52. The smallest absolute Gasteiger partial charge is 0.250 e. The molecular formula is C18H18Cl2N2O. The number of nitrogens with zero attached hydrogens (tertiary/aromatic N) is 2. The molecule has 23 heavy (non-hydrogen) atoms. The van der Waals surface area contributed by atoms with E-state index in [-0.39, 0.29) is 5.56 Å². The van der Waals surface area contributed by atoms with Crippen molar-refractivity contribution in [1.29, 1.82) is 0 Å². The van der Waals surface area contributed by atoms with Crippen molar-refractivity contribution >= 4 is 23.2 Å². The molecule has 2 bridgehead atoms. The Hall–Kier alpha value is -1.29. The van der Waals surface area contributed by atoms with E-state index in [4.69, 9.17) is 23.2 Å². The van der Waals surface area contributed by atoms with Crippen molar-refractivity contribution in [2.75, 3.05) is 13.1 Å². The number of hydrogen-bond acceptors (Lipinski definition) is 2. The third-order valence-corrected chi connectivity index (χ3v) is 5.71. The molecule has 0 radical (unpaired) electrons. The van der Waals surface area contributed by atoms with E-state index in [1.807, 2.05) is 28.8 Å². The van der Waals surface area contributed by atoms with Crippen LogP contribution in [0.25, 0.3) is 0 Å². The normalized spacial score (nSPS) is 23.6. The summed E-state index contributed by atoms with van der Waals surface area (Å²) >= 11 is 12.6. The van der Waals surface area contributed by atoms with E-state index >= 15 is 0 Å². The molecule has 2 aliphatic rings. The summed E-state index contributed by atoms with van der Waals surface area (Å²) < 4.78 is 1.96. The summed E-state index contributed by atoms with van der Waals surface area (Å²) in [4.78, 5) is 14.5. The predicted octanol–water partition coefficient (Wildman–Crippen LogP) is 3.77. The highest BCUT2D eigenvalue weighted by Crippen LogP contribution is 2.36. The Morgan fingerprint density at radius 1 is 1.00 bits per heavy atom. The van der Waals surface area contributed by atoms with Gasteiger partial charge in [0.1, 0.15) is 0 Å². The molecule has 120 valence electrons. The van der Waals surface area contributed by atoms with Gasteiger partial charge in [-0.25, -0.2) is 0 Å². The van der Waals surface area contributed by atoms with Gasteiger partial charge in [0.15, 0.2) is 0 Å². The zero-order valence-corrected chi connectivity index (χ0v) is 14.2. The molecule has 3 heterocycles. The topological polar surface area (TPSA) is 25.2 Å². The number of rotatable bonds is 2. The van der Waals surface area contributed by atoms with E-state index < -0.39 is 0 Å². The first-order valence-electron chi connectivity index (χ1n) is 7.97. The maximum atomic E-state index is 12.1. The number of piperidine rings is 1. The van der Waals surface area contributed by atoms with Crippen LogP contribution in [0.15, 0.2) is 41.2 Å². The predicted molar refractivity (Wildman–Crippen MR) is 93.3 cm³/mol. The summed E-state index contributed by atoms with van der Waals surface area (Å²) in [6.45, 7) is 3.52. The molecule has 1 saturated heterocycles. The summed E-state index contributed by atoms with van der Waals surface area (Å²) in [6, 6.07) is 11.3. The van der Waals surface area contributed by atoms with Crippen LogP contribution >= 0.6 is 23.2 Å². The minimum atomic E-state index is 0.125.